The first-order chi connectivity index (χ1) is 11.3. The van der Waals surface area contributed by atoms with E-state index in [9.17, 15) is 23.3 Å². The second kappa shape index (κ2) is 5.76. The van der Waals surface area contributed by atoms with Gasteiger partial charge in [0.05, 0.1) is 16.0 Å². The largest absolute Gasteiger partial charge is 0.457 e. The van der Waals surface area contributed by atoms with Crippen molar-refractivity contribution in [2.24, 2.45) is 0 Å². The topological polar surface area (TPSA) is 78.2 Å². The summed E-state index contributed by atoms with van der Waals surface area (Å²) in [6.07, 6.45) is -1.88. The number of alkyl halides is 3. The average molecular weight is 335 g/mol. The van der Waals surface area contributed by atoms with Gasteiger partial charge in [-0.1, -0.05) is 0 Å². The van der Waals surface area contributed by atoms with Crippen molar-refractivity contribution in [1.29, 1.82) is 0 Å². The zero-order valence-corrected chi connectivity index (χ0v) is 11.8. The van der Waals surface area contributed by atoms with Crippen molar-refractivity contribution >= 4 is 16.7 Å². The number of nitrogens with zero attached hydrogens (tertiary/aromatic N) is 3. The number of hydrogen-bond donors (Lipinski definition) is 0. The lowest BCUT2D eigenvalue weighted by molar-refractivity contribution is -0.388. The number of aromatic nitrogens is 2. The van der Waals surface area contributed by atoms with E-state index in [4.69, 9.17) is 4.74 Å². The molecule has 0 N–H and O–H groups in total. The first kappa shape index (κ1) is 15.7. The molecule has 0 aliphatic rings. The normalized spacial score (nSPS) is 11.5. The zero-order chi connectivity index (χ0) is 17.3. The molecule has 0 amide bonds. The van der Waals surface area contributed by atoms with Gasteiger partial charge in [-0.3, -0.25) is 20.1 Å². The summed E-state index contributed by atoms with van der Waals surface area (Å²) in [5.74, 6) is 0.0705. The van der Waals surface area contributed by atoms with E-state index in [1.165, 1.54) is 24.5 Å². The number of nitro groups is 1. The average Bonchev–Trinajstić information content (AvgIpc) is 2.53. The number of halogens is 3. The molecule has 6 nitrogen and oxygen atoms in total. The minimum atomic E-state index is -4.86. The Morgan fingerprint density at radius 2 is 1.58 bits per heavy atom. The third kappa shape index (κ3) is 3.09. The fourth-order valence-electron chi connectivity index (χ4n) is 2.11. The van der Waals surface area contributed by atoms with Gasteiger partial charge >= 0.3 is 6.18 Å². The molecule has 9 heteroatoms. The Labute approximate surface area is 132 Å². The molecular formula is C15H8F3N3O3. The molecule has 122 valence electrons. The Morgan fingerprint density at radius 1 is 0.958 bits per heavy atom. The van der Waals surface area contributed by atoms with Crippen LogP contribution >= 0.6 is 0 Å². The number of hydrogen-bond acceptors (Lipinski definition) is 5. The van der Waals surface area contributed by atoms with Crippen molar-refractivity contribution in [2.45, 2.75) is 6.18 Å². The van der Waals surface area contributed by atoms with Gasteiger partial charge in [0.25, 0.3) is 5.69 Å². The van der Waals surface area contributed by atoms with E-state index < -0.39 is 22.4 Å². The molecule has 0 bridgehead atoms. The van der Waals surface area contributed by atoms with Crippen LogP contribution in [-0.2, 0) is 6.18 Å². The molecule has 1 heterocycles. The number of fused-ring (bicyclic) bond motifs is 1. The van der Waals surface area contributed by atoms with Gasteiger partial charge in [0.2, 0.25) is 0 Å². The monoisotopic (exact) mass is 335 g/mol. The minimum absolute atomic E-state index is 0.170. The van der Waals surface area contributed by atoms with E-state index in [2.05, 4.69) is 9.97 Å². The maximum absolute atomic E-state index is 13.0. The van der Waals surface area contributed by atoms with Crippen molar-refractivity contribution in [1.82, 2.24) is 9.97 Å². The maximum Gasteiger partial charge on any atom is 0.423 e. The molecule has 1 aromatic heterocycles. The van der Waals surface area contributed by atoms with Gasteiger partial charge in [-0.25, -0.2) is 0 Å². The standard InChI is InChI=1S/C15H8F3N3O3/c16-15(17,18)11-7-9(2-4-14(11)21(22)23)24-10-1-3-12-13(8-10)20-6-5-19-12/h1-8H. The summed E-state index contributed by atoms with van der Waals surface area (Å²) >= 11 is 0. The number of benzene rings is 2. The Balaban J connectivity index is 1.98. The molecule has 3 aromatic rings. The highest BCUT2D eigenvalue weighted by atomic mass is 19.4. The lowest BCUT2D eigenvalue weighted by Gasteiger charge is -2.11. The number of nitro benzene ring substituents is 1. The van der Waals surface area contributed by atoms with Crippen molar-refractivity contribution in [3.05, 3.63) is 64.5 Å². The summed E-state index contributed by atoms with van der Waals surface area (Å²) in [7, 11) is 0. The lowest BCUT2D eigenvalue weighted by atomic mass is 10.1. The molecule has 0 fully saturated rings. The predicted molar refractivity (Wildman–Crippen MR) is 77.7 cm³/mol. The predicted octanol–water partition coefficient (Wildman–Crippen LogP) is 4.35. The van der Waals surface area contributed by atoms with Crippen LogP contribution < -0.4 is 4.74 Å². The highest BCUT2D eigenvalue weighted by Gasteiger charge is 2.38. The summed E-state index contributed by atoms with van der Waals surface area (Å²) in [4.78, 5) is 17.8. The Kier molecular flexibility index (Phi) is 3.76. The second-order valence-electron chi connectivity index (χ2n) is 4.74. The smallest absolute Gasteiger partial charge is 0.423 e. The van der Waals surface area contributed by atoms with Crippen LogP contribution in [0, 0.1) is 10.1 Å². The van der Waals surface area contributed by atoms with E-state index in [0.29, 0.717) is 17.1 Å². The van der Waals surface area contributed by atoms with E-state index >= 15 is 0 Å². The van der Waals surface area contributed by atoms with E-state index in [1.807, 2.05) is 0 Å². The van der Waals surface area contributed by atoms with E-state index in [1.54, 1.807) is 6.07 Å². The van der Waals surface area contributed by atoms with Crippen LogP contribution in [0.5, 0.6) is 11.5 Å². The molecule has 0 radical (unpaired) electrons. The second-order valence-corrected chi connectivity index (χ2v) is 4.74. The van der Waals surface area contributed by atoms with Gasteiger partial charge in [0, 0.05) is 24.5 Å². The third-order valence-corrected chi connectivity index (χ3v) is 3.15. The van der Waals surface area contributed by atoms with Gasteiger partial charge in [-0.15, -0.1) is 0 Å². The molecule has 3 rings (SSSR count). The van der Waals surface area contributed by atoms with Crippen molar-refractivity contribution in [3.8, 4) is 11.5 Å². The van der Waals surface area contributed by atoms with Crippen LogP contribution in [0.4, 0.5) is 18.9 Å². The summed E-state index contributed by atoms with van der Waals surface area (Å²) in [5, 5.41) is 10.7. The van der Waals surface area contributed by atoms with Crippen LogP contribution in [0.2, 0.25) is 0 Å². The van der Waals surface area contributed by atoms with Crippen molar-refractivity contribution in [2.75, 3.05) is 0 Å². The quantitative estimate of drug-likeness (QED) is 0.525. The van der Waals surface area contributed by atoms with Gasteiger partial charge in [0.1, 0.15) is 17.1 Å². The fraction of sp³-hybridized carbons (Fsp3) is 0.0667. The number of rotatable bonds is 3. The van der Waals surface area contributed by atoms with Gasteiger partial charge in [-0.05, 0) is 24.3 Å². The Hall–Kier alpha value is -3.23. The summed E-state index contributed by atoms with van der Waals surface area (Å²) in [6.45, 7) is 0. The first-order valence-electron chi connectivity index (χ1n) is 6.59. The van der Waals surface area contributed by atoms with E-state index in [-0.39, 0.29) is 11.5 Å². The summed E-state index contributed by atoms with van der Waals surface area (Å²) in [6, 6.07) is 7.10. The van der Waals surface area contributed by atoms with E-state index in [0.717, 1.165) is 12.1 Å². The molecule has 0 saturated carbocycles. The minimum Gasteiger partial charge on any atom is -0.457 e. The van der Waals surface area contributed by atoms with Crippen LogP contribution in [0.25, 0.3) is 11.0 Å². The SMILES string of the molecule is O=[N+]([O-])c1ccc(Oc2ccc3nccnc3c2)cc1C(F)(F)F. The molecule has 0 unspecified atom stereocenters. The molecule has 0 spiro atoms. The molecule has 0 aliphatic heterocycles. The van der Waals surface area contributed by atoms with Crippen LogP contribution in [0.15, 0.2) is 48.8 Å². The van der Waals surface area contributed by atoms with Crippen LogP contribution in [0.3, 0.4) is 0 Å². The Morgan fingerprint density at radius 3 is 2.25 bits per heavy atom. The maximum atomic E-state index is 13.0. The molecular weight excluding hydrogens is 327 g/mol. The summed E-state index contributed by atoms with van der Waals surface area (Å²) < 4.78 is 44.2. The van der Waals surface area contributed by atoms with Crippen LogP contribution in [0.1, 0.15) is 5.56 Å². The van der Waals surface area contributed by atoms with Crippen molar-refractivity contribution < 1.29 is 22.8 Å². The highest BCUT2D eigenvalue weighted by molar-refractivity contribution is 5.75. The molecule has 0 atom stereocenters. The van der Waals surface area contributed by atoms with Crippen LogP contribution in [-0.4, -0.2) is 14.9 Å². The molecule has 24 heavy (non-hydrogen) atoms. The van der Waals surface area contributed by atoms with Gasteiger partial charge < -0.3 is 4.74 Å². The zero-order valence-electron chi connectivity index (χ0n) is 11.8. The Bertz CT molecular complexity index is 928. The summed E-state index contributed by atoms with van der Waals surface area (Å²) in [5.41, 5.74) is -1.29. The lowest BCUT2D eigenvalue weighted by Crippen LogP contribution is -2.09. The first-order valence-corrected chi connectivity index (χ1v) is 6.59. The van der Waals surface area contributed by atoms with Crippen molar-refractivity contribution in [3.63, 3.8) is 0 Å². The molecule has 2 aromatic carbocycles. The fourth-order valence-corrected chi connectivity index (χ4v) is 2.11. The highest BCUT2D eigenvalue weighted by Crippen LogP contribution is 2.39. The van der Waals surface area contributed by atoms with Gasteiger partial charge in [0.15, 0.2) is 0 Å². The molecule has 0 aliphatic carbocycles. The third-order valence-electron chi connectivity index (χ3n) is 3.15. The number of ether oxygens (including phenoxy) is 1. The van der Waals surface area contributed by atoms with Gasteiger partial charge in [-0.2, -0.15) is 13.2 Å². The molecule has 0 saturated heterocycles.